The van der Waals surface area contributed by atoms with Crippen LogP contribution >= 0.6 is 0 Å². The third-order valence-electron chi connectivity index (χ3n) is 2.28. The van der Waals surface area contributed by atoms with Crippen LogP contribution in [0.5, 0.6) is 5.88 Å². The zero-order valence-electron chi connectivity index (χ0n) is 9.82. The van der Waals surface area contributed by atoms with Gasteiger partial charge in [0.05, 0.1) is 11.3 Å². The molecule has 0 unspecified atom stereocenters. The number of aromatic carboxylic acids is 1. The number of H-pyrrole nitrogens is 2. The molecule has 2 rings (SSSR count). The van der Waals surface area contributed by atoms with Crippen LogP contribution in [0.4, 0.5) is 11.4 Å². The van der Waals surface area contributed by atoms with Crippen LogP contribution in [0.15, 0.2) is 44.1 Å². The Morgan fingerprint density at radius 3 is 2.25 bits per heavy atom. The molecule has 0 amide bonds. The Balaban J connectivity index is 2.32. The number of rotatable bonds is 3. The molecular weight excluding hydrogens is 268 g/mol. The fourth-order valence-corrected chi connectivity index (χ4v) is 1.34. The third kappa shape index (κ3) is 2.77. The van der Waals surface area contributed by atoms with Crippen LogP contribution < -0.4 is 11.2 Å². The molecule has 0 saturated heterocycles. The van der Waals surface area contributed by atoms with E-state index in [0.717, 1.165) is 0 Å². The van der Waals surface area contributed by atoms with Crippen LogP contribution in [0.3, 0.4) is 0 Å². The lowest BCUT2D eigenvalue weighted by Crippen LogP contribution is -2.20. The summed E-state index contributed by atoms with van der Waals surface area (Å²) in [5.74, 6) is -1.78. The topological polar surface area (TPSA) is 148 Å². The number of carbonyl (C=O) groups is 1. The first-order valence-corrected chi connectivity index (χ1v) is 5.28. The summed E-state index contributed by atoms with van der Waals surface area (Å²) in [5, 5.41) is 25.2. The van der Waals surface area contributed by atoms with Crippen molar-refractivity contribution >= 4 is 17.3 Å². The van der Waals surface area contributed by atoms with Gasteiger partial charge in [0.1, 0.15) is 0 Å². The number of benzene rings is 1. The lowest BCUT2D eigenvalue weighted by atomic mass is 10.2. The lowest BCUT2D eigenvalue weighted by Gasteiger charge is -1.96. The van der Waals surface area contributed by atoms with Gasteiger partial charge in [0, 0.05) is 0 Å². The summed E-state index contributed by atoms with van der Waals surface area (Å²) >= 11 is 0. The maximum Gasteiger partial charge on any atom is 0.335 e. The average Bonchev–Trinajstić information content (AvgIpc) is 2.38. The van der Waals surface area contributed by atoms with E-state index in [9.17, 15) is 19.5 Å². The number of aromatic amines is 2. The molecule has 0 radical (unpaired) electrons. The molecular formula is C11H8N4O5. The number of aromatic nitrogens is 2. The maximum absolute atomic E-state index is 11.4. The van der Waals surface area contributed by atoms with Crippen molar-refractivity contribution in [3.05, 3.63) is 50.7 Å². The predicted octanol–water partition coefficient (Wildman–Crippen LogP) is 0.882. The molecule has 0 aliphatic heterocycles. The first kappa shape index (κ1) is 13.2. The van der Waals surface area contributed by atoms with Gasteiger partial charge in [-0.2, -0.15) is 5.11 Å². The molecule has 1 heterocycles. The molecule has 0 aliphatic rings. The second-order valence-electron chi connectivity index (χ2n) is 3.66. The number of aromatic hydroxyl groups is 1. The van der Waals surface area contributed by atoms with Crippen LogP contribution in [0.2, 0.25) is 0 Å². The molecule has 102 valence electrons. The van der Waals surface area contributed by atoms with Gasteiger partial charge < -0.3 is 10.2 Å². The molecule has 1 aromatic carbocycles. The van der Waals surface area contributed by atoms with Crippen molar-refractivity contribution in [2.24, 2.45) is 10.2 Å². The van der Waals surface area contributed by atoms with Crippen LogP contribution in [0, 0.1) is 0 Å². The summed E-state index contributed by atoms with van der Waals surface area (Å²) in [4.78, 5) is 36.7. The van der Waals surface area contributed by atoms with Crippen molar-refractivity contribution in [2.45, 2.75) is 0 Å². The molecule has 4 N–H and O–H groups in total. The smallest absolute Gasteiger partial charge is 0.335 e. The van der Waals surface area contributed by atoms with Gasteiger partial charge in [-0.05, 0) is 24.3 Å². The van der Waals surface area contributed by atoms with E-state index in [0.29, 0.717) is 0 Å². The van der Waals surface area contributed by atoms with Crippen molar-refractivity contribution < 1.29 is 15.0 Å². The second-order valence-corrected chi connectivity index (χ2v) is 3.66. The highest BCUT2D eigenvalue weighted by molar-refractivity contribution is 5.87. The lowest BCUT2D eigenvalue weighted by molar-refractivity contribution is 0.0697. The number of nitrogens with zero attached hydrogens (tertiary/aromatic N) is 2. The molecule has 0 bridgehead atoms. The zero-order valence-corrected chi connectivity index (χ0v) is 9.82. The summed E-state index contributed by atoms with van der Waals surface area (Å²) in [7, 11) is 0. The highest BCUT2D eigenvalue weighted by atomic mass is 16.4. The molecule has 1 aromatic heterocycles. The number of hydrogen-bond acceptors (Lipinski definition) is 6. The molecule has 0 saturated carbocycles. The van der Waals surface area contributed by atoms with Gasteiger partial charge in [-0.15, -0.1) is 5.11 Å². The summed E-state index contributed by atoms with van der Waals surface area (Å²) in [6.45, 7) is 0. The largest absolute Gasteiger partial charge is 0.493 e. The Kier molecular flexibility index (Phi) is 3.42. The van der Waals surface area contributed by atoms with Crippen molar-refractivity contribution in [2.75, 3.05) is 0 Å². The highest BCUT2D eigenvalue weighted by Gasteiger charge is 2.07. The van der Waals surface area contributed by atoms with E-state index >= 15 is 0 Å². The predicted molar refractivity (Wildman–Crippen MR) is 66.9 cm³/mol. The third-order valence-corrected chi connectivity index (χ3v) is 2.28. The summed E-state index contributed by atoms with van der Waals surface area (Å²) in [6, 6.07) is 5.38. The van der Waals surface area contributed by atoms with E-state index in [1.807, 2.05) is 9.97 Å². The van der Waals surface area contributed by atoms with E-state index in [1.54, 1.807) is 0 Å². The Morgan fingerprint density at radius 2 is 1.70 bits per heavy atom. The van der Waals surface area contributed by atoms with Gasteiger partial charge in [0.25, 0.3) is 5.56 Å². The van der Waals surface area contributed by atoms with Crippen molar-refractivity contribution in [3.63, 3.8) is 0 Å². The fraction of sp³-hybridized carbons (Fsp3) is 0. The van der Waals surface area contributed by atoms with Crippen molar-refractivity contribution in [1.29, 1.82) is 0 Å². The van der Waals surface area contributed by atoms with Crippen molar-refractivity contribution in [3.8, 4) is 5.88 Å². The Morgan fingerprint density at radius 1 is 1.05 bits per heavy atom. The van der Waals surface area contributed by atoms with Crippen LogP contribution in [0.1, 0.15) is 10.4 Å². The zero-order chi connectivity index (χ0) is 14.7. The average molecular weight is 276 g/mol. The van der Waals surface area contributed by atoms with Gasteiger partial charge in [-0.25, -0.2) is 9.59 Å². The summed E-state index contributed by atoms with van der Waals surface area (Å²) in [5.41, 5.74) is -1.85. The molecule has 0 aliphatic carbocycles. The van der Waals surface area contributed by atoms with Crippen LogP contribution in [-0.2, 0) is 0 Å². The van der Waals surface area contributed by atoms with Crippen molar-refractivity contribution in [1.82, 2.24) is 9.97 Å². The fourth-order valence-electron chi connectivity index (χ4n) is 1.34. The number of azo groups is 1. The van der Waals surface area contributed by atoms with Gasteiger partial charge >= 0.3 is 11.7 Å². The second kappa shape index (κ2) is 5.18. The minimum Gasteiger partial charge on any atom is -0.493 e. The molecule has 9 nitrogen and oxygen atoms in total. The number of carboxylic acid groups (broad SMARTS) is 1. The van der Waals surface area contributed by atoms with Gasteiger partial charge in [0.15, 0.2) is 0 Å². The standard InChI is InChI=1S/C11H8N4O5/c16-8-7(9(17)13-11(20)12-8)15-14-6-3-1-5(2-4-6)10(18)19/h1-4H,(H,18,19)(H3,12,13,16,17,20). The molecule has 0 fully saturated rings. The van der Waals surface area contributed by atoms with Gasteiger partial charge in [-0.3, -0.25) is 14.8 Å². The van der Waals surface area contributed by atoms with E-state index in [-0.39, 0.29) is 11.3 Å². The van der Waals surface area contributed by atoms with Crippen LogP contribution in [0.25, 0.3) is 0 Å². The van der Waals surface area contributed by atoms with E-state index in [4.69, 9.17) is 5.11 Å². The molecule has 9 heteroatoms. The normalized spacial score (nSPS) is 10.8. The molecule has 2 aromatic rings. The Labute approximate surface area is 110 Å². The minimum atomic E-state index is -1.08. The molecule has 0 atom stereocenters. The van der Waals surface area contributed by atoms with E-state index in [2.05, 4.69) is 10.2 Å². The first-order valence-electron chi connectivity index (χ1n) is 5.28. The Bertz CT molecular complexity index is 788. The van der Waals surface area contributed by atoms with Crippen LogP contribution in [-0.4, -0.2) is 26.2 Å². The first-order chi connectivity index (χ1) is 9.47. The summed E-state index contributed by atoms with van der Waals surface area (Å²) < 4.78 is 0. The number of nitrogens with one attached hydrogen (secondary N) is 2. The van der Waals surface area contributed by atoms with E-state index < -0.39 is 28.8 Å². The monoisotopic (exact) mass is 276 g/mol. The summed E-state index contributed by atoms with van der Waals surface area (Å²) in [6.07, 6.45) is 0. The SMILES string of the molecule is O=C(O)c1ccc(N=Nc2c(O)[nH]c(=O)[nH]c2=O)cc1. The molecule has 20 heavy (non-hydrogen) atoms. The number of hydrogen-bond donors (Lipinski definition) is 4. The van der Waals surface area contributed by atoms with Gasteiger partial charge in [0.2, 0.25) is 11.6 Å². The van der Waals surface area contributed by atoms with E-state index in [1.165, 1.54) is 24.3 Å². The minimum absolute atomic E-state index is 0.0775. The quantitative estimate of drug-likeness (QED) is 0.614. The Hall–Kier alpha value is -3.23. The maximum atomic E-state index is 11.4. The molecule has 0 spiro atoms. The van der Waals surface area contributed by atoms with Gasteiger partial charge in [-0.1, -0.05) is 0 Å². The number of carboxylic acids is 1. The highest BCUT2D eigenvalue weighted by Crippen LogP contribution is 2.20.